The van der Waals surface area contributed by atoms with Gasteiger partial charge >= 0.3 is 0 Å². The lowest BCUT2D eigenvalue weighted by Crippen LogP contribution is -2.60. The van der Waals surface area contributed by atoms with Gasteiger partial charge in [-0.25, -0.2) is 0 Å². The number of rotatable bonds is 1. The van der Waals surface area contributed by atoms with E-state index in [9.17, 15) is 4.79 Å². The standard InChI is InChI=1S/C10H18O/c1-6-7-8(11)10(4,5)9(7,2)3/h7H,6H2,1-5H3. The van der Waals surface area contributed by atoms with Crippen LogP contribution in [0.25, 0.3) is 0 Å². The Bertz CT molecular complexity index is 189. The molecule has 11 heavy (non-hydrogen) atoms. The summed E-state index contributed by atoms with van der Waals surface area (Å²) in [7, 11) is 0. The summed E-state index contributed by atoms with van der Waals surface area (Å²) in [5.41, 5.74) is 0.118. The third-order valence-electron chi connectivity index (χ3n) is 3.82. The van der Waals surface area contributed by atoms with E-state index in [1.165, 1.54) is 0 Å². The van der Waals surface area contributed by atoms with Crippen LogP contribution in [0.5, 0.6) is 0 Å². The van der Waals surface area contributed by atoms with Crippen molar-refractivity contribution >= 4 is 5.78 Å². The van der Waals surface area contributed by atoms with Crippen molar-refractivity contribution in [2.24, 2.45) is 16.7 Å². The molecule has 1 heteroatoms. The molecule has 1 rings (SSSR count). The van der Waals surface area contributed by atoms with Crippen molar-refractivity contribution in [1.82, 2.24) is 0 Å². The molecule has 1 fully saturated rings. The number of carbonyl (C=O) groups excluding carboxylic acids is 1. The SMILES string of the molecule is CCC1C(=O)C(C)(C)C1(C)C. The van der Waals surface area contributed by atoms with E-state index in [-0.39, 0.29) is 10.8 Å². The van der Waals surface area contributed by atoms with Gasteiger partial charge in [0.15, 0.2) is 0 Å². The van der Waals surface area contributed by atoms with E-state index in [0.29, 0.717) is 11.7 Å². The molecular weight excluding hydrogens is 136 g/mol. The van der Waals surface area contributed by atoms with E-state index < -0.39 is 0 Å². The van der Waals surface area contributed by atoms with E-state index in [1.807, 2.05) is 0 Å². The smallest absolute Gasteiger partial charge is 0.142 e. The van der Waals surface area contributed by atoms with Gasteiger partial charge < -0.3 is 0 Å². The summed E-state index contributed by atoms with van der Waals surface area (Å²) in [6.07, 6.45) is 0.995. The molecule has 0 aromatic heterocycles. The van der Waals surface area contributed by atoms with E-state index in [1.54, 1.807) is 0 Å². The Morgan fingerprint density at radius 2 is 1.73 bits per heavy atom. The fourth-order valence-electron chi connectivity index (χ4n) is 2.13. The molecule has 1 atom stereocenters. The summed E-state index contributed by atoms with van der Waals surface area (Å²) < 4.78 is 0. The maximum absolute atomic E-state index is 11.5. The van der Waals surface area contributed by atoms with Crippen LogP contribution >= 0.6 is 0 Å². The highest BCUT2D eigenvalue weighted by Crippen LogP contribution is 2.58. The summed E-state index contributed by atoms with van der Waals surface area (Å²) in [6.45, 7) is 10.6. The molecule has 64 valence electrons. The van der Waals surface area contributed by atoms with Crippen molar-refractivity contribution in [3.05, 3.63) is 0 Å². The predicted molar refractivity (Wildman–Crippen MR) is 46.4 cm³/mol. The lowest BCUT2D eigenvalue weighted by Gasteiger charge is -2.56. The van der Waals surface area contributed by atoms with E-state index in [2.05, 4.69) is 34.6 Å². The molecule has 0 heterocycles. The van der Waals surface area contributed by atoms with E-state index >= 15 is 0 Å². The zero-order valence-corrected chi connectivity index (χ0v) is 8.19. The van der Waals surface area contributed by atoms with Gasteiger partial charge in [0.1, 0.15) is 5.78 Å². The molecule has 0 bridgehead atoms. The molecule has 1 aliphatic rings. The van der Waals surface area contributed by atoms with Crippen molar-refractivity contribution in [2.45, 2.75) is 41.0 Å². The topological polar surface area (TPSA) is 17.1 Å². The molecule has 1 saturated carbocycles. The monoisotopic (exact) mass is 154 g/mol. The Balaban J connectivity index is 2.88. The van der Waals surface area contributed by atoms with Gasteiger partial charge in [-0.05, 0) is 11.8 Å². The van der Waals surface area contributed by atoms with Crippen molar-refractivity contribution in [3.8, 4) is 0 Å². The molecule has 0 aliphatic heterocycles. The molecular formula is C10H18O. The van der Waals surface area contributed by atoms with Crippen LogP contribution in [0.1, 0.15) is 41.0 Å². The summed E-state index contributed by atoms with van der Waals surface area (Å²) in [6, 6.07) is 0. The second-order valence-corrected chi connectivity index (χ2v) is 4.67. The highest BCUT2D eigenvalue weighted by molar-refractivity contribution is 5.94. The summed E-state index contributed by atoms with van der Waals surface area (Å²) in [5, 5.41) is 0. The van der Waals surface area contributed by atoms with Gasteiger partial charge in [-0.2, -0.15) is 0 Å². The van der Waals surface area contributed by atoms with Gasteiger partial charge in [-0.15, -0.1) is 0 Å². The molecule has 1 nitrogen and oxygen atoms in total. The first kappa shape index (κ1) is 8.76. The first-order chi connectivity index (χ1) is 4.85. The van der Waals surface area contributed by atoms with Crippen LogP contribution in [0.15, 0.2) is 0 Å². The molecule has 0 N–H and O–H groups in total. The van der Waals surface area contributed by atoms with Crippen LogP contribution in [0.3, 0.4) is 0 Å². The molecule has 0 aromatic carbocycles. The van der Waals surface area contributed by atoms with Crippen molar-refractivity contribution in [3.63, 3.8) is 0 Å². The van der Waals surface area contributed by atoms with Gasteiger partial charge in [0.05, 0.1) is 0 Å². The number of Topliss-reactive ketones (excluding diaryl/α,β-unsaturated/α-hetero) is 1. The van der Waals surface area contributed by atoms with Crippen LogP contribution < -0.4 is 0 Å². The summed E-state index contributed by atoms with van der Waals surface area (Å²) in [4.78, 5) is 11.5. The average Bonchev–Trinajstić information content (AvgIpc) is 1.88. The number of carbonyl (C=O) groups is 1. The molecule has 0 aromatic rings. The highest BCUT2D eigenvalue weighted by atomic mass is 16.1. The quantitative estimate of drug-likeness (QED) is 0.567. The Morgan fingerprint density at radius 1 is 1.27 bits per heavy atom. The second kappa shape index (κ2) is 2.09. The van der Waals surface area contributed by atoms with Gasteiger partial charge in [-0.3, -0.25) is 4.79 Å². The lowest BCUT2D eigenvalue weighted by molar-refractivity contribution is -0.167. The molecule has 0 saturated heterocycles. The predicted octanol–water partition coefficient (Wildman–Crippen LogP) is 2.65. The molecule has 0 radical (unpaired) electrons. The number of hydrogen-bond acceptors (Lipinski definition) is 1. The maximum Gasteiger partial charge on any atom is 0.142 e. The molecule has 1 aliphatic carbocycles. The fourth-order valence-corrected chi connectivity index (χ4v) is 2.13. The Kier molecular flexibility index (Phi) is 1.66. The van der Waals surface area contributed by atoms with Crippen LogP contribution in [-0.4, -0.2) is 5.78 Å². The fraction of sp³-hybridized carbons (Fsp3) is 0.900. The normalized spacial score (nSPS) is 33.2. The second-order valence-electron chi connectivity index (χ2n) is 4.67. The third-order valence-corrected chi connectivity index (χ3v) is 3.82. The Labute approximate surface area is 69.2 Å². The van der Waals surface area contributed by atoms with Gasteiger partial charge in [-0.1, -0.05) is 34.6 Å². The van der Waals surface area contributed by atoms with Crippen LogP contribution in [0, 0.1) is 16.7 Å². The van der Waals surface area contributed by atoms with Gasteiger partial charge in [0, 0.05) is 11.3 Å². The third kappa shape index (κ3) is 0.800. The summed E-state index contributed by atoms with van der Waals surface area (Å²) >= 11 is 0. The first-order valence-corrected chi connectivity index (χ1v) is 4.40. The Hall–Kier alpha value is -0.330. The largest absolute Gasteiger partial charge is 0.299 e. The van der Waals surface area contributed by atoms with Gasteiger partial charge in [0.2, 0.25) is 0 Å². The van der Waals surface area contributed by atoms with Crippen molar-refractivity contribution < 1.29 is 4.79 Å². The zero-order chi connectivity index (χ0) is 8.86. The number of ketones is 1. The van der Waals surface area contributed by atoms with E-state index in [0.717, 1.165) is 6.42 Å². The first-order valence-electron chi connectivity index (χ1n) is 4.40. The van der Waals surface area contributed by atoms with E-state index in [4.69, 9.17) is 0 Å². The van der Waals surface area contributed by atoms with Crippen LogP contribution in [0.2, 0.25) is 0 Å². The average molecular weight is 154 g/mol. The van der Waals surface area contributed by atoms with Crippen LogP contribution in [-0.2, 0) is 4.79 Å². The minimum atomic E-state index is -0.0896. The van der Waals surface area contributed by atoms with Gasteiger partial charge in [0.25, 0.3) is 0 Å². The van der Waals surface area contributed by atoms with Crippen molar-refractivity contribution in [2.75, 3.05) is 0 Å². The zero-order valence-electron chi connectivity index (χ0n) is 8.19. The van der Waals surface area contributed by atoms with Crippen molar-refractivity contribution in [1.29, 1.82) is 0 Å². The molecule has 0 amide bonds. The molecule has 0 spiro atoms. The lowest BCUT2D eigenvalue weighted by atomic mass is 9.45. The summed E-state index contributed by atoms with van der Waals surface area (Å²) in [5.74, 6) is 0.752. The van der Waals surface area contributed by atoms with Crippen LogP contribution in [0.4, 0.5) is 0 Å². The molecule has 1 unspecified atom stereocenters. The number of hydrogen-bond donors (Lipinski definition) is 0. The Morgan fingerprint density at radius 3 is 1.91 bits per heavy atom. The highest BCUT2D eigenvalue weighted by Gasteiger charge is 2.60. The minimum absolute atomic E-state index is 0.0896. The minimum Gasteiger partial charge on any atom is -0.299 e. The maximum atomic E-state index is 11.5.